The molecular weight excluding hydrogens is 399 g/mol. The Hall–Kier alpha value is -2.03. The standard InChI is InChI=1S/C27H33N2OP/c1-28-19-21-29(22-20-28)18-17-24-23-31(30-24,25-11-5-2-6-12-25,26-13-7-3-8-14-26)27-15-9-4-10-16-27/h2-16,24H,17-23H2,1H3. The fourth-order valence-corrected chi connectivity index (χ4v) is 11.4. The van der Waals surface area contributed by atoms with Gasteiger partial charge in [-0.05, 0) is 0 Å². The first-order valence-electron chi connectivity index (χ1n) is 11.5. The Bertz CT molecular complexity index is 878. The summed E-state index contributed by atoms with van der Waals surface area (Å²) in [6.45, 7) is 2.89. The van der Waals surface area contributed by atoms with Gasteiger partial charge in [0, 0.05) is 0 Å². The quantitative estimate of drug-likeness (QED) is 0.555. The molecule has 0 aliphatic carbocycles. The topological polar surface area (TPSA) is 15.7 Å². The number of piperazine rings is 1. The molecule has 3 aromatic carbocycles. The van der Waals surface area contributed by atoms with Crippen molar-refractivity contribution in [2.24, 2.45) is 0 Å². The van der Waals surface area contributed by atoms with Crippen LogP contribution in [0.25, 0.3) is 0 Å². The molecule has 1 unspecified atom stereocenters. The van der Waals surface area contributed by atoms with Gasteiger partial charge in [0.25, 0.3) is 0 Å². The Morgan fingerprint density at radius 2 is 1.13 bits per heavy atom. The van der Waals surface area contributed by atoms with E-state index in [0.29, 0.717) is 6.10 Å². The first-order chi connectivity index (χ1) is 15.2. The normalized spacial score (nSPS) is 24.5. The summed E-state index contributed by atoms with van der Waals surface area (Å²) in [5.74, 6) is 0. The van der Waals surface area contributed by atoms with Crippen molar-refractivity contribution in [2.75, 3.05) is 45.9 Å². The zero-order valence-electron chi connectivity index (χ0n) is 18.4. The van der Waals surface area contributed by atoms with E-state index < -0.39 is 6.83 Å². The second-order valence-electron chi connectivity index (χ2n) is 9.06. The maximum atomic E-state index is 7.28. The number of hydrogen-bond donors (Lipinski definition) is 0. The molecule has 2 heterocycles. The minimum atomic E-state index is -2.92. The predicted octanol–water partition coefficient (Wildman–Crippen LogP) is 3.47. The third-order valence-corrected chi connectivity index (χ3v) is 13.2. The summed E-state index contributed by atoms with van der Waals surface area (Å²) < 4.78 is 7.28. The number of benzene rings is 3. The zero-order chi connectivity index (χ0) is 21.2. The van der Waals surface area contributed by atoms with Crippen LogP contribution in [0, 0.1) is 0 Å². The molecule has 0 radical (unpaired) electrons. The van der Waals surface area contributed by atoms with E-state index in [2.05, 4.69) is 108 Å². The van der Waals surface area contributed by atoms with E-state index in [4.69, 9.17) is 4.52 Å². The van der Waals surface area contributed by atoms with Crippen LogP contribution in [-0.2, 0) is 4.52 Å². The van der Waals surface area contributed by atoms with Crippen LogP contribution < -0.4 is 15.9 Å². The average Bonchev–Trinajstić information content (AvgIpc) is 2.82. The monoisotopic (exact) mass is 432 g/mol. The molecule has 2 aliphatic rings. The third-order valence-electron chi connectivity index (χ3n) is 7.20. The van der Waals surface area contributed by atoms with Gasteiger partial charge in [-0.15, -0.1) is 0 Å². The Kier molecular flexibility index (Phi) is 5.71. The summed E-state index contributed by atoms with van der Waals surface area (Å²) in [5, 5.41) is 4.05. The maximum absolute atomic E-state index is 7.28. The minimum absolute atomic E-state index is 0.304. The van der Waals surface area contributed by atoms with Crippen LogP contribution in [0.15, 0.2) is 91.0 Å². The number of nitrogens with zero attached hydrogens (tertiary/aromatic N) is 2. The number of rotatable bonds is 6. The Morgan fingerprint density at radius 1 is 0.710 bits per heavy atom. The Balaban J connectivity index is 1.50. The average molecular weight is 433 g/mol. The van der Waals surface area contributed by atoms with Crippen molar-refractivity contribution in [2.45, 2.75) is 12.5 Å². The summed E-state index contributed by atoms with van der Waals surface area (Å²) in [6, 6.07) is 33.0. The molecule has 0 saturated carbocycles. The molecule has 0 amide bonds. The van der Waals surface area contributed by atoms with Crippen LogP contribution in [0.5, 0.6) is 0 Å². The van der Waals surface area contributed by atoms with Gasteiger partial charge in [-0.1, -0.05) is 0 Å². The van der Waals surface area contributed by atoms with Gasteiger partial charge in [-0.25, -0.2) is 0 Å². The molecule has 4 heteroatoms. The van der Waals surface area contributed by atoms with Crippen molar-refractivity contribution in [1.82, 2.24) is 9.80 Å². The molecule has 0 aromatic heterocycles. The summed E-state index contributed by atoms with van der Waals surface area (Å²) in [4.78, 5) is 5.02. The van der Waals surface area contributed by atoms with Gasteiger partial charge in [-0.2, -0.15) is 0 Å². The third kappa shape index (κ3) is 3.54. The van der Waals surface area contributed by atoms with Crippen LogP contribution in [0.3, 0.4) is 0 Å². The van der Waals surface area contributed by atoms with Crippen LogP contribution in [-0.4, -0.2) is 61.8 Å². The van der Waals surface area contributed by atoms with Crippen molar-refractivity contribution in [1.29, 1.82) is 0 Å². The first-order valence-corrected chi connectivity index (χ1v) is 13.8. The van der Waals surface area contributed by atoms with Crippen LogP contribution in [0.4, 0.5) is 0 Å². The summed E-state index contributed by atoms with van der Waals surface area (Å²) in [7, 11) is 2.22. The van der Waals surface area contributed by atoms with E-state index >= 15 is 0 Å². The Morgan fingerprint density at radius 3 is 1.55 bits per heavy atom. The summed E-state index contributed by atoms with van der Waals surface area (Å²) in [6.07, 6.45) is 2.50. The second-order valence-corrected chi connectivity index (χ2v) is 13.6. The van der Waals surface area contributed by atoms with E-state index in [-0.39, 0.29) is 0 Å². The van der Waals surface area contributed by atoms with Gasteiger partial charge < -0.3 is 0 Å². The molecule has 2 saturated heterocycles. The molecule has 1 atom stereocenters. The molecule has 3 aromatic rings. The predicted molar refractivity (Wildman–Crippen MR) is 133 cm³/mol. The van der Waals surface area contributed by atoms with Crippen LogP contribution >= 0.6 is 6.83 Å². The summed E-state index contributed by atoms with van der Waals surface area (Å²) in [5.41, 5.74) is 0. The van der Waals surface area contributed by atoms with Crippen LogP contribution in [0.1, 0.15) is 6.42 Å². The molecule has 0 spiro atoms. The molecular formula is C27H33N2OP. The van der Waals surface area contributed by atoms with Crippen LogP contribution in [0.2, 0.25) is 0 Å². The first kappa shape index (κ1) is 20.8. The fraction of sp³-hybridized carbons (Fsp3) is 0.333. The molecule has 5 rings (SSSR count). The van der Waals surface area contributed by atoms with Gasteiger partial charge in [0.2, 0.25) is 0 Å². The second kappa shape index (κ2) is 8.48. The molecule has 2 aliphatic heterocycles. The molecule has 0 N–H and O–H groups in total. The van der Waals surface area contributed by atoms with E-state index in [1.807, 2.05) is 0 Å². The van der Waals surface area contributed by atoms with Gasteiger partial charge in [0.05, 0.1) is 0 Å². The molecule has 2 fully saturated rings. The molecule has 0 bridgehead atoms. The van der Waals surface area contributed by atoms with Crippen molar-refractivity contribution < 1.29 is 4.52 Å². The van der Waals surface area contributed by atoms with Gasteiger partial charge in [0.15, 0.2) is 0 Å². The molecule has 31 heavy (non-hydrogen) atoms. The van der Waals surface area contributed by atoms with E-state index in [1.165, 1.54) is 42.1 Å². The van der Waals surface area contributed by atoms with E-state index in [9.17, 15) is 0 Å². The molecule has 162 valence electrons. The zero-order valence-corrected chi connectivity index (χ0v) is 19.3. The molecule has 3 nitrogen and oxygen atoms in total. The number of likely N-dealkylation sites (N-methyl/N-ethyl adjacent to an activating group) is 1. The van der Waals surface area contributed by atoms with Crippen molar-refractivity contribution in [3.05, 3.63) is 91.0 Å². The van der Waals surface area contributed by atoms with Crippen molar-refractivity contribution in [3.63, 3.8) is 0 Å². The van der Waals surface area contributed by atoms with Gasteiger partial charge >= 0.3 is 187 Å². The fourth-order valence-electron chi connectivity index (χ4n) is 5.43. The van der Waals surface area contributed by atoms with Crippen molar-refractivity contribution in [3.8, 4) is 0 Å². The summed E-state index contributed by atoms with van der Waals surface area (Å²) >= 11 is 0. The number of hydrogen-bond acceptors (Lipinski definition) is 3. The SMILES string of the molecule is CN1CCN(CCC2CP(c3ccccc3)(c3ccccc3)(c3ccccc3)O2)CC1. The van der Waals surface area contributed by atoms with E-state index in [1.54, 1.807) is 0 Å². The Labute approximate surface area is 186 Å². The van der Waals surface area contributed by atoms with Gasteiger partial charge in [0.1, 0.15) is 0 Å². The van der Waals surface area contributed by atoms with Gasteiger partial charge in [-0.3, -0.25) is 0 Å². The van der Waals surface area contributed by atoms with Crippen molar-refractivity contribution >= 4 is 22.7 Å². The van der Waals surface area contributed by atoms with E-state index in [0.717, 1.165) is 19.1 Å².